The molecule has 4 nitrogen and oxygen atoms in total. The molecule has 19 heavy (non-hydrogen) atoms. The molecule has 0 amide bonds. The van der Waals surface area contributed by atoms with Gasteiger partial charge in [0.15, 0.2) is 5.11 Å². The maximum Gasteiger partial charge on any atom is 0.170 e. The van der Waals surface area contributed by atoms with Crippen LogP contribution >= 0.6 is 28.1 Å². The predicted molar refractivity (Wildman–Crippen MR) is 85.2 cm³/mol. The zero-order valence-electron chi connectivity index (χ0n) is 10.3. The number of aromatic nitrogens is 2. The lowest BCUT2D eigenvalue weighted by atomic mass is 10.3. The van der Waals surface area contributed by atoms with E-state index < -0.39 is 0 Å². The van der Waals surface area contributed by atoms with Crippen LogP contribution in [0.1, 0.15) is 6.42 Å². The first-order chi connectivity index (χ1) is 9.24. The van der Waals surface area contributed by atoms with E-state index in [1.807, 2.05) is 41.2 Å². The summed E-state index contributed by atoms with van der Waals surface area (Å²) in [6.07, 6.45) is 4.72. The van der Waals surface area contributed by atoms with Crippen LogP contribution in [0.2, 0.25) is 0 Å². The number of nitrogens with one attached hydrogen (secondary N) is 2. The molecule has 0 aliphatic rings. The highest BCUT2D eigenvalue weighted by Crippen LogP contribution is 2.13. The van der Waals surface area contributed by atoms with E-state index in [-0.39, 0.29) is 0 Å². The highest BCUT2D eigenvalue weighted by Gasteiger charge is 1.97. The van der Waals surface area contributed by atoms with E-state index in [0.29, 0.717) is 5.11 Å². The molecule has 2 rings (SSSR count). The summed E-state index contributed by atoms with van der Waals surface area (Å²) in [6.45, 7) is 1.71. The fraction of sp³-hybridized carbons (Fsp3) is 0.231. The van der Waals surface area contributed by atoms with Gasteiger partial charge in [0.25, 0.3) is 0 Å². The monoisotopic (exact) mass is 338 g/mol. The number of aryl methyl sites for hydroxylation is 1. The molecule has 2 N–H and O–H groups in total. The van der Waals surface area contributed by atoms with Crippen LogP contribution < -0.4 is 10.6 Å². The number of nitrogens with zero attached hydrogens (tertiary/aromatic N) is 2. The fourth-order valence-electron chi connectivity index (χ4n) is 1.58. The van der Waals surface area contributed by atoms with Crippen LogP contribution in [0.3, 0.4) is 0 Å². The Hall–Kier alpha value is -1.40. The summed E-state index contributed by atoms with van der Waals surface area (Å²) >= 11 is 8.62. The number of benzene rings is 1. The molecule has 0 saturated carbocycles. The molecule has 0 unspecified atom stereocenters. The summed E-state index contributed by atoms with van der Waals surface area (Å²) in [5, 5.41) is 11.1. The molecule has 0 aliphatic heterocycles. The van der Waals surface area contributed by atoms with Crippen molar-refractivity contribution in [1.29, 1.82) is 0 Å². The molecule has 0 radical (unpaired) electrons. The molecule has 1 aromatic carbocycles. The first-order valence-electron chi connectivity index (χ1n) is 6.02. The Morgan fingerprint density at radius 3 is 2.79 bits per heavy atom. The van der Waals surface area contributed by atoms with E-state index in [2.05, 4.69) is 31.7 Å². The van der Waals surface area contributed by atoms with Gasteiger partial charge in [-0.1, -0.05) is 15.9 Å². The van der Waals surface area contributed by atoms with Crippen molar-refractivity contribution >= 4 is 38.9 Å². The Morgan fingerprint density at radius 1 is 1.32 bits per heavy atom. The van der Waals surface area contributed by atoms with E-state index in [1.54, 1.807) is 6.20 Å². The minimum absolute atomic E-state index is 0.641. The highest BCUT2D eigenvalue weighted by molar-refractivity contribution is 9.10. The molecule has 100 valence electrons. The SMILES string of the molecule is S=C(NCCCn1cccn1)Nc1ccc(Br)cc1. The molecule has 0 fully saturated rings. The first-order valence-corrected chi connectivity index (χ1v) is 7.22. The third kappa shape index (κ3) is 5.00. The molecule has 0 atom stereocenters. The summed E-state index contributed by atoms with van der Waals surface area (Å²) in [5.41, 5.74) is 0.979. The molecular weight excluding hydrogens is 324 g/mol. The van der Waals surface area contributed by atoms with Crippen LogP contribution in [0.5, 0.6) is 0 Å². The molecule has 1 aromatic heterocycles. The predicted octanol–water partition coefficient (Wildman–Crippen LogP) is 3.02. The van der Waals surface area contributed by atoms with E-state index in [0.717, 1.165) is 29.7 Å². The summed E-state index contributed by atoms with van der Waals surface area (Å²) in [6, 6.07) is 9.82. The lowest BCUT2D eigenvalue weighted by molar-refractivity contribution is 0.574. The molecule has 0 bridgehead atoms. The van der Waals surface area contributed by atoms with Crippen molar-refractivity contribution < 1.29 is 0 Å². The smallest absolute Gasteiger partial charge is 0.170 e. The maximum absolute atomic E-state index is 5.23. The zero-order valence-corrected chi connectivity index (χ0v) is 12.7. The van der Waals surface area contributed by atoms with Crippen molar-refractivity contribution in [3.63, 3.8) is 0 Å². The Kier molecular flexibility index (Phi) is 5.35. The topological polar surface area (TPSA) is 41.9 Å². The van der Waals surface area contributed by atoms with Crippen LogP contribution in [0.25, 0.3) is 0 Å². The van der Waals surface area contributed by atoms with E-state index in [9.17, 15) is 0 Å². The molecule has 6 heteroatoms. The molecule has 0 saturated heterocycles. The van der Waals surface area contributed by atoms with Gasteiger partial charge in [-0.15, -0.1) is 0 Å². The van der Waals surface area contributed by atoms with Gasteiger partial charge in [0.05, 0.1) is 0 Å². The van der Waals surface area contributed by atoms with Gasteiger partial charge in [-0.25, -0.2) is 0 Å². The van der Waals surface area contributed by atoms with Gasteiger partial charge >= 0.3 is 0 Å². The second-order valence-corrected chi connectivity index (χ2v) is 5.33. The van der Waals surface area contributed by atoms with Crippen molar-refractivity contribution in [1.82, 2.24) is 15.1 Å². The number of thiocarbonyl (C=S) groups is 1. The molecule has 1 heterocycles. The number of halogens is 1. The van der Waals surface area contributed by atoms with Gasteiger partial charge in [-0.3, -0.25) is 4.68 Å². The van der Waals surface area contributed by atoms with E-state index in [1.165, 1.54) is 0 Å². The highest BCUT2D eigenvalue weighted by atomic mass is 79.9. The Balaban J connectivity index is 1.65. The Morgan fingerprint density at radius 2 is 2.11 bits per heavy atom. The summed E-state index contributed by atoms with van der Waals surface area (Å²) in [7, 11) is 0. The van der Waals surface area contributed by atoms with Crippen molar-refractivity contribution in [2.75, 3.05) is 11.9 Å². The molecule has 0 aliphatic carbocycles. The lowest BCUT2D eigenvalue weighted by Gasteiger charge is -2.10. The third-order valence-electron chi connectivity index (χ3n) is 2.51. The molecule has 0 spiro atoms. The van der Waals surface area contributed by atoms with Crippen LogP contribution in [-0.4, -0.2) is 21.4 Å². The average Bonchev–Trinajstić information content (AvgIpc) is 2.91. The number of rotatable bonds is 5. The van der Waals surface area contributed by atoms with Crippen molar-refractivity contribution in [3.8, 4) is 0 Å². The molecule has 2 aromatic rings. The second kappa shape index (κ2) is 7.25. The van der Waals surface area contributed by atoms with E-state index >= 15 is 0 Å². The van der Waals surface area contributed by atoms with Crippen molar-refractivity contribution in [2.45, 2.75) is 13.0 Å². The van der Waals surface area contributed by atoms with Gasteiger partial charge in [-0.2, -0.15) is 5.10 Å². The van der Waals surface area contributed by atoms with Gasteiger partial charge in [0.1, 0.15) is 0 Å². The number of anilines is 1. The van der Waals surface area contributed by atoms with Crippen LogP contribution in [0.4, 0.5) is 5.69 Å². The van der Waals surface area contributed by atoms with Gasteiger partial charge in [0, 0.05) is 35.6 Å². The quantitative estimate of drug-likeness (QED) is 0.649. The average molecular weight is 339 g/mol. The normalized spacial score (nSPS) is 10.2. The number of hydrogen-bond acceptors (Lipinski definition) is 2. The Labute approximate surface area is 126 Å². The number of hydrogen-bond donors (Lipinski definition) is 2. The fourth-order valence-corrected chi connectivity index (χ4v) is 2.07. The van der Waals surface area contributed by atoms with Gasteiger partial charge < -0.3 is 10.6 Å². The van der Waals surface area contributed by atoms with Crippen LogP contribution in [0.15, 0.2) is 47.2 Å². The van der Waals surface area contributed by atoms with Crippen LogP contribution in [-0.2, 0) is 6.54 Å². The second-order valence-electron chi connectivity index (χ2n) is 4.01. The third-order valence-corrected chi connectivity index (χ3v) is 3.29. The summed E-state index contributed by atoms with van der Waals surface area (Å²) in [4.78, 5) is 0. The molecular formula is C13H15BrN4S. The maximum atomic E-state index is 5.23. The largest absolute Gasteiger partial charge is 0.362 e. The van der Waals surface area contributed by atoms with Crippen LogP contribution in [0, 0.1) is 0 Å². The minimum atomic E-state index is 0.641. The van der Waals surface area contributed by atoms with Gasteiger partial charge in [0.2, 0.25) is 0 Å². The van der Waals surface area contributed by atoms with Crippen molar-refractivity contribution in [2.24, 2.45) is 0 Å². The van der Waals surface area contributed by atoms with Gasteiger partial charge in [-0.05, 0) is 49.0 Å². The standard InChI is InChI=1S/C13H15BrN4S/c14-11-3-5-12(6-4-11)17-13(19)15-7-1-9-18-10-2-8-16-18/h2-6,8,10H,1,7,9H2,(H2,15,17,19). The minimum Gasteiger partial charge on any atom is -0.362 e. The first kappa shape index (κ1) is 14.0. The lowest BCUT2D eigenvalue weighted by Crippen LogP contribution is -2.29. The summed E-state index contributed by atoms with van der Waals surface area (Å²) < 4.78 is 2.96. The summed E-state index contributed by atoms with van der Waals surface area (Å²) in [5.74, 6) is 0. The zero-order chi connectivity index (χ0) is 13.5. The van der Waals surface area contributed by atoms with E-state index in [4.69, 9.17) is 12.2 Å². The van der Waals surface area contributed by atoms with Crippen molar-refractivity contribution in [3.05, 3.63) is 47.2 Å². The Bertz CT molecular complexity index is 510.